The molecule has 0 aromatic rings. The number of ether oxygens (including phenoxy) is 1. The first-order chi connectivity index (χ1) is 36.0. The van der Waals surface area contributed by atoms with E-state index in [0.717, 1.165) is 51.4 Å². The number of carbonyl (C=O) groups excluding carboxylic acids is 2. The van der Waals surface area contributed by atoms with Crippen LogP contribution in [-0.4, -0.2) is 47.4 Å². The highest BCUT2D eigenvalue weighted by atomic mass is 16.5. The third kappa shape index (κ3) is 58.9. The number of esters is 1. The molecule has 6 heteroatoms. The molecule has 0 saturated carbocycles. The zero-order valence-corrected chi connectivity index (χ0v) is 48.9. The molecule has 0 radical (unpaired) electrons. The lowest BCUT2D eigenvalue weighted by molar-refractivity contribution is -0.143. The minimum atomic E-state index is -0.850. The second-order valence-corrected chi connectivity index (χ2v) is 22.1. The first kappa shape index (κ1) is 70.8. The summed E-state index contributed by atoms with van der Waals surface area (Å²) in [4.78, 5) is 24.5. The Hall–Kier alpha value is -2.18. The molecule has 2 unspecified atom stereocenters. The minimum Gasteiger partial charge on any atom is -0.465 e. The van der Waals surface area contributed by atoms with Crippen LogP contribution in [0.3, 0.4) is 0 Å². The average Bonchev–Trinajstić information content (AvgIpc) is 3.39. The van der Waals surface area contributed by atoms with Gasteiger partial charge in [0.1, 0.15) is 0 Å². The fraction of sp³-hybridized carbons (Fsp3) is 0.851. The first-order valence-corrected chi connectivity index (χ1v) is 32.4. The Morgan fingerprint density at radius 1 is 0.384 bits per heavy atom. The number of aliphatic hydroxyl groups excluding tert-OH is 2. The largest absolute Gasteiger partial charge is 0.465 e. The predicted octanol–water partition coefficient (Wildman–Crippen LogP) is 20.5. The second kappa shape index (κ2) is 62.4. The maximum Gasteiger partial charge on any atom is 0.305 e. The molecule has 0 rings (SSSR count). The van der Waals surface area contributed by atoms with E-state index < -0.39 is 12.1 Å². The number of amides is 1. The van der Waals surface area contributed by atoms with Crippen molar-refractivity contribution < 1.29 is 24.5 Å². The van der Waals surface area contributed by atoms with Gasteiger partial charge in [-0.3, -0.25) is 9.59 Å². The summed E-state index contributed by atoms with van der Waals surface area (Å²) in [5, 5.41) is 23.2. The second-order valence-electron chi connectivity index (χ2n) is 22.1. The molecule has 0 spiro atoms. The highest BCUT2D eigenvalue weighted by Gasteiger charge is 2.18. The van der Waals surface area contributed by atoms with E-state index in [4.69, 9.17) is 4.74 Å². The first-order valence-electron chi connectivity index (χ1n) is 32.4. The zero-order valence-electron chi connectivity index (χ0n) is 48.9. The maximum atomic E-state index is 12.5. The van der Waals surface area contributed by atoms with Gasteiger partial charge in [0.2, 0.25) is 5.91 Å². The molecule has 2 atom stereocenters. The van der Waals surface area contributed by atoms with Gasteiger partial charge in [0, 0.05) is 12.8 Å². The Morgan fingerprint density at radius 3 is 1.05 bits per heavy atom. The number of unbranched alkanes of at least 4 members (excludes halogenated alkanes) is 43. The van der Waals surface area contributed by atoms with Crippen LogP contribution in [0.25, 0.3) is 0 Å². The highest BCUT2D eigenvalue weighted by Crippen LogP contribution is 2.17. The van der Waals surface area contributed by atoms with Crippen LogP contribution in [0.15, 0.2) is 48.6 Å². The number of allylic oxidation sites excluding steroid dienone is 6. The van der Waals surface area contributed by atoms with Crippen molar-refractivity contribution in [1.29, 1.82) is 0 Å². The average molecular weight is 1020 g/mol. The van der Waals surface area contributed by atoms with E-state index >= 15 is 0 Å². The van der Waals surface area contributed by atoms with Crippen LogP contribution in [0.1, 0.15) is 341 Å². The van der Waals surface area contributed by atoms with E-state index in [2.05, 4.69) is 55.6 Å². The SMILES string of the molecule is CCCCCCCC/C=C\CCCCCCCC(=O)OCC/C=C\C/C=C\CCCCCCCCCCCCCCCCC(=O)NC(CO)C(O)/C=C/CCCCCCCCCCCCCCCCCCCC. The van der Waals surface area contributed by atoms with Crippen LogP contribution in [0.4, 0.5) is 0 Å². The van der Waals surface area contributed by atoms with Gasteiger partial charge in [-0.2, -0.15) is 0 Å². The normalized spacial score (nSPS) is 12.9. The quantitative estimate of drug-likeness (QED) is 0.0320. The number of aliphatic hydroxyl groups is 2. The summed E-state index contributed by atoms with van der Waals surface area (Å²) in [5.74, 6) is -0.114. The molecule has 0 bridgehead atoms. The molecule has 73 heavy (non-hydrogen) atoms. The minimum absolute atomic E-state index is 0.0437. The number of nitrogens with one attached hydrogen (secondary N) is 1. The number of hydrogen-bond acceptors (Lipinski definition) is 5. The van der Waals surface area contributed by atoms with E-state index in [1.54, 1.807) is 6.08 Å². The van der Waals surface area contributed by atoms with Crippen LogP contribution in [0.5, 0.6) is 0 Å². The molecule has 3 N–H and O–H groups in total. The lowest BCUT2D eigenvalue weighted by Gasteiger charge is -2.20. The summed E-state index contributed by atoms with van der Waals surface area (Å²) in [6.07, 6.45) is 80.3. The van der Waals surface area contributed by atoms with Crippen LogP contribution >= 0.6 is 0 Å². The molecule has 0 aliphatic rings. The van der Waals surface area contributed by atoms with E-state index in [0.29, 0.717) is 19.4 Å². The summed E-state index contributed by atoms with van der Waals surface area (Å²) in [6.45, 7) is 4.80. The smallest absolute Gasteiger partial charge is 0.305 e. The Bertz CT molecular complexity index is 1230. The molecular weight excluding hydrogens is 899 g/mol. The lowest BCUT2D eigenvalue weighted by Crippen LogP contribution is -2.45. The number of carbonyl (C=O) groups is 2. The van der Waals surface area contributed by atoms with E-state index in [1.807, 2.05) is 6.08 Å². The molecule has 428 valence electrons. The van der Waals surface area contributed by atoms with Crippen molar-refractivity contribution in [3.63, 3.8) is 0 Å². The molecule has 0 aliphatic carbocycles. The summed E-state index contributed by atoms with van der Waals surface area (Å²) in [6, 6.07) is -0.633. The van der Waals surface area contributed by atoms with Crippen molar-refractivity contribution in [2.24, 2.45) is 0 Å². The van der Waals surface area contributed by atoms with Gasteiger partial charge in [0.05, 0.1) is 25.4 Å². The van der Waals surface area contributed by atoms with Gasteiger partial charge >= 0.3 is 5.97 Å². The van der Waals surface area contributed by atoms with Crippen LogP contribution in [0.2, 0.25) is 0 Å². The van der Waals surface area contributed by atoms with Gasteiger partial charge in [-0.15, -0.1) is 0 Å². The molecule has 0 fully saturated rings. The van der Waals surface area contributed by atoms with Crippen molar-refractivity contribution >= 4 is 11.9 Å². The molecule has 0 saturated heterocycles. The summed E-state index contributed by atoms with van der Waals surface area (Å²) < 4.78 is 5.42. The van der Waals surface area contributed by atoms with Crippen LogP contribution in [0, 0.1) is 0 Å². The van der Waals surface area contributed by atoms with Crippen molar-refractivity contribution in [2.75, 3.05) is 13.2 Å². The van der Waals surface area contributed by atoms with Crippen molar-refractivity contribution in [2.45, 2.75) is 353 Å². The molecular formula is C67H125NO5. The third-order valence-electron chi connectivity index (χ3n) is 14.8. The van der Waals surface area contributed by atoms with Gasteiger partial charge in [-0.1, -0.05) is 300 Å². The Labute approximate surface area is 455 Å². The predicted molar refractivity (Wildman–Crippen MR) is 319 cm³/mol. The molecule has 6 nitrogen and oxygen atoms in total. The monoisotopic (exact) mass is 1020 g/mol. The summed E-state index contributed by atoms with van der Waals surface area (Å²) in [7, 11) is 0. The molecule has 0 aliphatic heterocycles. The molecule has 1 amide bonds. The van der Waals surface area contributed by atoms with E-state index in [1.165, 1.54) is 263 Å². The Morgan fingerprint density at radius 2 is 0.685 bits per heavy atom. The van der Waals surface area contributed by atoms with Gasteiger partial charge < -0.3 is 20.3 Å². The van der Waals surface area contributed by atoms with Crippen molar-refractivity contribution in [3.8, 4) is 0 Å². The van der Waals surface area contributed by atoms with Crippen molar-refractivity contribution in [3.05, 3.63) is 48.6 Å². The van der Waals surface area contributed by atoms with Crippen LogP contribution < -0.4 is 5.32 Å². The Balaban J connectivity index is 3.49. The molecule has 0 aromatic heterocycles. The van der Waals surface area contributed by atoms with E-state index in [9.17, 15) is 19.8 Å². The molecule has 0 aromatic carbocycles. The van der Waals surface area contributed by atoms with Gasteiger partial charge in [0.15, 0.2) is 0 Å². The molecule has 0 heterocycles. The fourth-order valence-electron chi connectivity index (χ4n) is 9.88. The van der Waals surface area contributed by atoms with E-state index in [-0.39, 0.29) is 18.5 Å². The van der Waals surface area contributed by atoms with Crippen molar-refractivity contribution in [1.82, 2.24) is 5.32 Å². The third-order valence-corrected chi connectivity index (χ3v) is 14.8. The number of rotatable bonds is 60. The standard InChI is InChI=1S/C67H125NO5/c1-3-5-7-9-11-13-15-17-19-20-21-25-28-32-35-39-43-47-51-55-59-65(70)64(63-69)68-66(71)60-56-52-48-44-40-36-33-29-26-23-22-24-27-30-34-38-42-46-50-54-58-62-73-67(72)61-57-53-49-45-41-37-31-18-16-14-12-10-8-6-4-2/h18,31,38,42,50,54-55,59,64-65,69-70H,3-17,19-30,32-37,39-41,43-49,51-53,56-58,60-63H2,1-2H3,(H,68,71)/b31-18-,42-38-,54-50-,59-55+. The summed E-state index contributed by atoms with van der Waals surface area (Å²) >= 11 is 0. The van der Waals surface area contributed by atoms with Gasteiger partial charge in [-0.05, 0) is 77.0 Å². The van der Waals surface area contributed by atoms with Gasteiger partial charge in [0.25, 0.3) is 0 Å². The van der Waals surface area contributed by atoms with Crippen LogP contribution in [-0.2, 0) is 14.3 Å². The topological polar surface area (TPSA) is 95.9 Å². The lowest BCUT2D eigenvalue weighted by atomic mass is 10.0. The zero-order chi connectivity index (χ0) is 52.9. The summed E-state index contributed by atoms with van der Waals surface area (Å²) in [5.41, 5.74) is 0. The fourth-order valence-corrected chi connectivity index (χ4v) is 9.88. The highest BCUT2D eigenvalue weighted by molar-refractivity contribution is 5.76. The number of hydrogen-bond donors (Lipinski definition) is 3. The van der Waals surface area contributed by atoms with Gasteiger partial charge in [-0.25, -0.2) is 0 Å². The maximum absolute atomic E-state index is 12.5. The Kier molecular flexibility index (Phi) is 60.5.